The topological polar surface area (TPSA) is 70.9 Å². The lowest BCUT2D eigenvalue weighted by Gasteiger charge is -2.26. The fourth-order valence-corrected chi connectivity index (χ4v) is 3.06. The zero-order valence-electron chi connectivity index (χ0n) is 12.8. The number of nitrogens with one attached hydrogen (secondary N) is 1. The first-order valence-electron chi connectivity index (χ1n) is 7.28. The van der Waals surface area contributed by atoms with Crippen molar-refractivity contribution in [3.63, 3.8) is 0 Å². The van der Waals surface area contributed by atoms with E-state index in [-0.39, 0.29) is 18.1 Å². The van der Waals surface area contributed by atoms with Crippen LogP contribution in [0.1, 0.15) is 17.5 Å². The predicted molar refractivity (Wildman–Crippen MR) is 90.9 cm³/mol. The van der Waals surface area contributed by atoms with Crippen LogP contribution in [-0.2, 0) is 15.9 Å². The molecular formula is C17H15FN2O3S. The van der Waals surface area contributed by atoms with Gasteiger partial charge >= 0.3 is 0 Å². The Morgan fingerprint density at radius 3 is 2.79 bits per heavy atom. The molecule has 7 heteroatoms. The number of carbonyl (C=O) groups is 1. The Hall–Kier alpha value is -2.51. The molecule has 24 heavy (non-hydrogen) atoms. The molecule has 1 aliphatic rings. The average molecular weight is 346 g/mol. The molecule has 0 saturated carbocycles. The highest BCUT2D eigenvalue weighted by atomic mass is 32.1. The number of anilines is 1. The third kappa shape index (κ3) is 3.52. The molecule has 3 rings (SSSR count). The molecule has 124 valence electrons. The number of fused-ring (bicyclic) bond motifs is 1. The van der Waals surface area contributed by atoms with Crippen molar-refractivity contribution in [2.75, 3.05) is 5.32 Å². The summed E-state index contributed by atoms with van der Waals surface area (Å²) in [6.07, 6.45) is -0.465. The molecule has 1 atom stereocenters. The summed E-state index contributed by atoms with van der Waals surface area (Å²) in [5.41, 5.74) is 2.35. The van der Waals surface area contributed by atoms with E-state index in [0.29, 0.717) is 11.4 Å². The van der Waals surface area contributed by atoms with E-state index in [9.17, 15) is 9.18 Å². The lowest BCUT2D eigenvalue weighted by atomic mass is 9.99. The molecule has 0 aromatic heterocycles. The highest BCUT2D eigenvalue weighted by Gasteiger charge is 2.29. The van der Waals surface area contributed by atoms with Crippen LogP contribution in [0.25, 0.3) is 0 Å². The van der Waals surface area contributed by atoms with Gasteiger partial charge in [-0.15, -0.1) is 0 Å². The van der Waals surface area contributed by atoms with Gasteiger partial charge in [-0.25, -0.2) is 4.39 Å². The minimum atomic E-state index is -0.755. The first kappa shape index (κ1) is 16.4. The first-order valence-corrected chi connectivity index (χ1v) is 8.05. The van der Waals surface area contributed by atoms with Crippen LogP contribution in [0.3, 0.4) is 0 Å². The zero-order chi connectivity index (χ0) is 17.1. The maximum absolute atomic E-state index is 12.9. The number of carbonyl (C=O) groups excluding carboxylic acids is 1. The maximum Gasteiger partial charge on any atom is 0.265 e. The highest BCUT2D eigenvalue weighted by Crippen LogP contribution is 2.29. The second-order valence-corrected chi connectivity index (χ2v) is 6.24. The third-order valence-corrected chi connectivity index (χ3v) is 4.32. The summed E-state index contributed by atoms with van der Waals surface area (Å²) in [7, 11) is 0. The lowest BCUT2D eigenvalue weighted by Crippen LogP contribution is -2.38. The summed E-state index contributed by atoms with van der Waals surface area (Å²) in [6.45, 7) is 1.95. The van der Waals surface area contributed by atoms with E-state index >= 15 is 0 Å². The van der Waals surface area contributed by atoms with Crippen molar-refractivity contribution in [2.24, 2.45) is 4.53 Å². The number of amides is 1. The Labute approximate surface area is 141 Å². The van der Waals surface area contributed by atoms with Gasteiger partial charge in [0.25, 0.3) is 5.91 Å². The smallest absolute Gasteiger partial charge is 0.265 e. The minimum Gasteiger partial charge on any atom is -0.480 e. The van der Waals surface area contributed by atoms with Gasteiger partial charge in [0.1, 0.15) is 11.6 Å². The monoisotopic (exact) mass is 346 g/mol. The van der Waals surface area contributed by atoms with Gasteiger partial charge in [0.05, 0.1) is 0 Å². The Bertz CT molecular complexity index is 845. The SMILES string of the molecule is Cc1ccc2c(c1)C(=S=NO)CC(C(=O)Nc1ccc(F)cc1)O2. The molecule has 0 spiro atoms. The fourth-order valence-electron chi connectivity index (χ4n) is 2.48. The van der Waals surface area contributed by atoms with Crippen LogP contribution in [0, 0.1) is 12.7 Å². The molecule has 0 aliphatic carbocycles. The van der Waals surface area contributed by atoms with Crippen LogP contribution in [0.15, 0.2) is 47.0 Å². The van der Waals surface area contributed by atoms with Crippen molar-refractivity contribution in [3.05, 3.63) is 59.4 Å². The van der Waals surface area contributed by atoms with E-state index < -0.39 is 6.10 Å². The van der Waals surface area contributed by atoms with Crippen LogP contribution >= 0.6 is 0 Å². The van der Waals surface area contributed by atoms with Crippen molar-refractivity contribution in [1.29, 1.82) is 0 Å². The third-order valence-electron chi connectivity index (χ3n) is 3.63. The van der Waals surface area contributed by atoms with Crippen LogP contribution in [0.2, 0.25) is 0 Å². The molecule has 2 aromatic carbocycles. The number of hydrogen-bond donors (Lipinski definition) is 2. The Kier molecular flexibility index (Phi) is 4.73. The number of ether oxygens (including phenoxy) is 1. The summed E-state index contributed by atoms with van der Waals surface area (Å²) in [5.74, 6) is -0.149. The summed E-state index contributed by atoms with van der Waals surface area (Å²) in [5, 5.41) is 11.6. The number of aryl methyl sites for hydroxylation is 1. The molecule has 5 nitrogen and oxygen atoms in total. The normalized spacial score (nSPS) is 16.0. The van der Waals surface area contributed by atoms with E-state index in [1.807, 2.05) is 19.1 Å². The lowest BCUT2D eigenvalue weighted by molar-refractivity contribution is -0.122. The van der Waals surface area contributed by atoms with Gasteiger partial charge < -0.3 is 10.1 Å². The second kappa shape index (κ2) is 6.94. The van der Waals surface area contributed by atoms with Gasteiger partial charge in [-0.1, -0.05) is 16.2 Å². The Balaban J connectivity index is 1.85. The number of benzene rings is 2. The average Bonchev–Trinajstić information content (AvgIpc) is 2.57. The van der Waals surface area contributed by atoms with Crippen molar-refractivity contribution in [2.45, 2.75) is 19.4 Å². The van der Waals surface area contributed by atoms with E-state index in [2.05, 4.69) is 9.84 Å². The molecule has 0 fully saturated rings. The van der Waals surface area contributed by atoms with E-state index in [1.165, 1.54) is 24.3 Å². The van der Waals surface area contributed by atoms with Crippen molar-refractivity contribution < 1.29 is 19.1 Å². The molecule has 1 unspecified atom stereocenters. The molecule has 0 radical (unpaired) electrons. The molecule has 1 amide bonds. The van der Waals surface area contributed by atoms with Crippen molar-refractivity contribution in [1.82, 2.24) is 0 Å². The number of halogens is 1. The van der Waals surface area contributed by atoms with E-state index in [1.54, 1.807) is 6.07 Å². The zero-order valence-corrected chi connectivity index (χ0v) is 13.6. The minimum absolute atomic E-state index is 0.290. The Morgan fingerprint density at radius 1 is 1.33 bits per heavy atom. The number of nitrogens with zero attached hydrogens (tertiary/aromatic N) is 1. The predicted octanol–water partition coefficient (Wildman–Crippen LogP) is 3.10. The number of hydrogen-bond acceptors (Lipinski definition) is 3. The van der Waals surface area contributed by atoms with Gasteiger partial charge in [-0.05, 0) is 54.5 Å². The maximum atomic E-state index is 12.9. The van der Waals surface area contributed by atoms with Crippen molar-refractivity contribution >= 4 is 27.6 Å². The highest BCUT2D eigenvalue weighted by molar-refractivity contribution is 7.69. The van der Waals surface area contributed by atoms with Gasteiger partial charge in [-0.2, -0.15) is 0 Å². The molecule has 0 saturated heterocycles. The number of rotatable bonds is 2. The fraction of sp³-hybridized carbons (Fsp3) is 0.176. The summed E-state index contributed by atoms with van der Waals surface area (Å²) < 4.78 is 21.8. The largest absolute Gasteiger partial charge is 0.480 e. The standard InChI is InChI=1S/C17H15FN2O3S/c1-10-2-7-14-13(8-10)16(24-20-22)9-15(23-14)17(21)19-12-5-3-11(18)4-6-12/h2-8,15,22H,9H2,1H3,(H,19,21). The summed E-state index contributed by atoms with van der Waals surface area (Å²) in [6, 6.07) is 11.1. The van der Waals surface area contributed by atoms with Gasteiger partial charge in [0.2, 0.25) is 0 Å². The quantitative estimate of drug-likeness (QED) is 0.648. The van der Waals surface area contributed by atoms with Gasteiger partial charge in [0.15, 0.2) is 6.10 Å². The molecule has 0 bridgehead atoms. The van der Waals surface area contributed by atoms with Crippen molar-refractivity contribution in [3.8, 4) is 5.75 Å². The first-order chi connectivity index (χ1) is 11.6. The summed E-state index contributed by atoms with van der Waals surface area (Å²) >= 11 is 0.921. The van der Waals surface area contributed by atoms with E-state index in [0.717, 1.165) is 27.1 Å². The van der Waals surface area contributed by atoms with Crippen LogP contribution in [0.4, 0.5) is 10.1 Å². The Morgan fingerprint density at radius 2 is 2.08 bits per heavy atom. The van der Waals surface area contributed by atoms with Crippen LogP contribution in [0.5, 0.6) is 5.75 Å². The second-order valence-electron chi connectivity index (χ2n) is 5.40. The molecule has 1 aliphatic heterocycles. The van der Waals surface area contributed by atoms with Crippen LogP contribution < -0.4 is 10.1 Å². The van der Waals surface area contributed by atoms with E-state index in [4.69, 9.17) is 9.94 Å². The molecular weight excluding hydrogens is 331 g/mol. The molecule has 2 N–H and O–H groups in total. The van der Waals surface area contributed by atoms with Gasteiger partial charge in [-0.3, -0.25) is 10.0 Å². The molecule has 1 heterocycles. The molecule has 2 aromatic rings. The van der Waals surface area contributed by atoms with Gasteiger partial charge in [0, 0.05) is 22.5 Å². The summed E-state index contributed by atoms with van der Waals surface area (Å²) in [4.78, 5) is 13.2. The van der Waals surface area contributed by atoms with Crippen LogP contribution in [-0.4, -0.2) is 22.1 Å².